The lowest BCUT2D eigenvalue weighted by Crippen LogP contribution is -2.18. The number of aliphatic hydroxyl groups is 1. The Balaban J connectivity index is 2.21. The molecule has 0 aliphatic rings. The molecule has 1 aromatic carbocycles. The minimum atomic E-state index is 0.102. The third-order valence-electron chi connectivity index (χ3n) is 2.37. The zero-order valence-electron chi connectivity index (χ0n) is 9.81. The summed E-state index contributed by atoms with van der Waals surface area (Å²) in [6.07, 6.45) is 0. The van der Waals surface area contributed by atoms with Gasteiger partial charge in [0.2, 0.25) is 0 Å². The molecule has 0 atom stereocenters. The first kappa shape index (κ1) is 13.0. The standard InChI is InChI=1S/C13H14ClN3O/c14-12-8-11(9-15-6-7-18)16-13(17-12)10-4-2-1-3-5-10/h1-5,8,15,18H,6-7,9H2. The number of aromatic nitrogens is 2. The molecule has 2 rings (SSSR count). The Labute approximate surface area is 111 Å². The normalized spacial score (nSPS) is 10.6. The van der Waals surface area contributed by atoms with Crippen molar-refractivity contribution >= 4 is 11.6 Å². The van der Waals surface area contributed by atoms with E-state index in [4.69, 9.17) is 16.7 Å². The highest BCUT2D eigenvalue weighted by molar-refractivity contribution is 6.29. The average Bonchev–Trinajstić information content (AvgIpc) is 2.39. The summed E-state index contributed by atoms with van der Waals surface area (Å²) in [5.74, 6) is 0.615. The summed E-state index contributed by atoms with van der Waals surface area (Å²) in [4.78, 5) is 8.65. The van der Waals surface area contributed by atoms with Crippen molar-refractivity contribution in [3.8, 4) is 11.4 Å². The molecule has 0 radical (unpaired) electrons. The number of halogens is 1. The van der Waals surface area contributed by atoms with Gasteiger partial charge in [-0.1, -0.05) is 41.9 Å². The number of benzene rings is 1. The number of aliphatic hydroxyl groups excluding tert-OH is 1. The molecule has 0 saturated heterocycles. The van der Waals surface area contributed by atoms with Crippen molar-refractivity contribution in [2.24, 2.45) is 0 Å². The first-order valence-corrected chi connectivity index (χ1v) is 6.08. The third-order valence-corrected chi connectivity index (χ3v) is 2.57. The fraction of sp³-hybridized carbons (Fsp3) is 0.231. The van der Waals surface area contributed by atoms with E-state index in [1.165, 1.54) is 0 Å². The Hall–Kier alpha value is -1.49. The van der Waals surface area contributed by atoms with Gasteiger partial charge < -0.3 is 10.4 Å². The molecule has 94 valence electrons. The summed E-state index contributed by atoms with van der Waals surface area (Å²) in [7, 11) is 0. The Morgan fingerprint density at radius 1 is 1.17 bits per heavy atom. The Kier molecular flexibility index (Phi) is 4.64. The molecule has 2 aromatic rings. The van der Waals surface area contributed by atoms with E-state index in [0.29, 0.717) is 24.1 Å². The largest absolute Gasteiger partial charge is 0.395 e. The van der Waals surface area contributed by atoms with Crippen LogP contribution in [-0.4, -0.2) is 28.2 Å². The summed E-state index contributed by atoms with van der Waals surface area (Å²) >= 11 is 5.98. The second kappa shape index (κ2) is 6.44. The predicted molar refractivity (Wildman–Crippen MR) is 71.3 cm³/mol. The summed E-state index contributed by atoms with van der Waals surface area (Å²) in [5.41, 5.74) is 1.74. The predicted octanol–water partition coefficient (Wildman–Crippen LogP) is 1.88. The number of nitrogens with zero attached hydrogens (tertiary/aromatic N) is 2. The average molecular weight is 264 g/mol. The second-order valence-electron chi connectivity index (χ2n) is 3.77. The number of nitrogens with one attached hydrogen (secondary N) is 1. The molecule has 0 spiro atoms. The van der Waals surface area contributed by atoms with Crippen molar-refractivity contribution in [3.63, 3.8) is 0 Å². The molecule has 18 heavy (non-hydrogen) atoms. The van der Waals surface area contributed by atoms with Crippen LogP contribution in [0.15, 0.2) is 36.4 Å². The zero-order chi connectivity index (χ0) is 12.8. The van der Waals surface area contributed by atoms with Crippen LogP contribution in [0, 0.1) is 0 Å². The summed E-state index contributed by atoms with van der Waals surface area (Å²) in [5, 5.41) is 12.2. The minimum absolute atomic E-state index is 0.102. The second-order valence-corrected chi connectivity index (χ2v) is 4.16. The van der Waals surface area contributed by atoms with Gasteiger partial charge in [-0.2, -0.15) is 0 Å². The van der Waals surface area contributed by atoms with Crippen LogP contribution in [0.1, 0.15) is 5.69 Å². The lowest BCUT2D eigenvalue weighted by Gasteiger charge is -2.06. The quantitative estimate of drug-likeness (QED) is 0.639. The van der Waals surface area contributed by atoms with Gasteiger partial charge in [0.05, 0.1) is 12.3 Å². The van der Waals surface area contributed by atoms with E-state index in [9.17, 15) is 0 Å². The number of hydrogen-bond acceptors (Lipinski definition) is 4. The van der Waals surface area contributed by atoms with Crippen molar-refractivity contribution in [1.29, 1.82) is 0 Å². The van der Waals surface area contributed by atoms with Crippen LogP contribution in [0.2, 0.25) is 5.15 Å². The van der Waals surface area contributed by atoms with Crippen molar-refractivity contribution in [3.05, 3.63) is 47.2 Å². The monoisotopic (exact) mass is 263 g/mol. The summed E-state index contributed by atoms with van der Waals surface area (Å²) in [6.45, 7) is 1.19. The molecule has 2 N–H and O–H groups in total. The molecule has 1 heterocycles. The van der Waals surface area contributed by atoms with Crippen LogP contribution in [0.5, 0.6) is 0 Å². The van der Waals surface area contributed by atoms with Gasteiger partial charge in [0.1, 0.15) is 5.15 Å². The van der Waals surface area contributed by atoms with Gasteiger partial charge in [0.15, 0.2) is 5.82 Å². The Morgan fingerprint density at radius 2 is 1.94 bits per heavy atom. The highest BCUT2D eigenvalue weighted by Crippen LogP contribution is 2.17. The van der Waals surface area contributed by atoms with Crippen LogP contribution in [0.3, 0.4) is 0 Å². The summed E-state index contributed by atoms with van der Waals surface area (Å²) < 4.78 is 0. The van der Waals surface area contributed by atoms with E-state index in [2.05, 4.69) is 15.3 Å². The fourth-order valence-corrected chi connectivity index (χ4v) is 1.77. The molecular weight excluding hydrogens is 250 g/mol. The van der Waals surface area contributed by atoms with Crippen molar-refractivity contribution in [2.45, 2.75) is 6.54 Å². The minimum Gasteiger partial charge on any atom is -0.395 e. The van der Waals surface area contributed by atoms with Crippen molar-refractivity contribution in [1.82, 2.24) is 15.3 Å². The number of rotatable bonds is 5. The Morgan fingerprint density at radius 3 is 2.67 bits per heavy atom. The van der Waals surface area contributed by atoms with Crippen LogP contribution in [-0.2, 0) is 6.54 Å². The van der Waals surface area contributed by atoms with Gasteiger partial charge in [-0.05, 0) is 6.07 Å². The van der Waals surface area contributed by atoms with Crippen LogP contribution in [0.25, 0.3) is 11.4 Å². The van der Waals surface area contributed by atoms with Gasteiger partial charge in [-0.25, -0.2) is 9.97 Å². The lowest BCUT2D eigenvalue weighted by molar-refractivity contribution is 0.291. The van der Waals surface area contributed by atoms with Crippen LogP contribution in [0.4, 0.5) is 0 Å². The highest BCUT2D eigenvalue weighted by Gasteiger charge is 2.05. The van der Waals surface area contributed by atoms with Gasteiger partial charge in [-0.3, -0.25) is 0 Å². The lowest BCUT2D eigenvalue weighted by atomic mass is 10.2. The molecular formula is C13H14ClN3O. The topological polar surface area (TPSA) is 58.0 Å². The molecule has 0 bridgehead atoms. The maximum atomic E-state index is 8.71. The van der Waals surface area contributed by atoms with Crippen molar-refractivity contribution < 1.29 is 5.11 Å². The SMILES string of the molecule is OCCNCc1cc(Cl)nc(-c2ccccc2)n1. The van der Waals surface area contributed by atoms with Gasteiger partial charge in [0.25, 0.3) is 0 Å². The fourth-order valence-electron chi connectivity index (χ4n) is 1.57. The Bertz CT molecular complexity index is 505. The zero-order valence-corrected chi connectivity index (χ0v) is 10.6. The molecule has 0 fully saturated rings. The molecule has 0 saturated carbocycles. The molecule has 5 heteroatoms. The molecule has 0 aliphatic carbocycles. The highest BCUT2D eigenvalue weighted by atomic mass is 35.5. The molecule has 4 nitrogen and oxygen atoms in total. The maximum Gasteiger partial charge on any atom is 0.161 e. The molecule has 1 aromatic heterocycles. The maximum absolute atomic E-state index is 8.71. The molecule has 0 amide bonds. The van der Waals surface area contributed by atoms with Gasteiger partial charge >= 0.3 is 0 Å². The van der Waals surface area contributed by atoms with Gasteiger partial charge in [0, 0.05) is 18.7 Å². The van der Waals surface area contributed by atoms with E-state index >= 15 is 0 Å². The van der Waals surface area contributed by atoms with Crippen molar-refractivity contribution in [2.75, 3.05) is 13.2 Å². The molecule has 0 aliphatic heterocycles. The first-order valence-electron chi connectivity index (χ1n) is 5.70. The van der Waals surface area contributed by atoms with E-state index < -0.39 is 0 Å². The van der Waals surface area contributed by atoms with E-state index in [0.717, 1.165) is 11.3 Å². The van der Waals surface area contributed by atoms with Crippen LogP contribution >= 0.6 is 11.6 Å². The van der Waals surface area contributed by atoms with Crippen LogP contribution < -0.4 is 5.32 Å². The smallest absolute Gasteiger partial charge is 0.161 e. The third kappa shape index (κ3) is 3.50. The van der Waals surface area contributed by atoms with E-state index in [1.54, 1.807) is 6.07 Å². The van der Waals surface area contributed by atoms with Gasteiger partial charge in [-0.15, -0.1) is 0 Å². The van der Waals surface area contributed by atoms with E-state index in [-0.39, 0.29) is 6.61 Å². The number of hydrogen-bond donors (Lipinski definition) is 2. The van der Waals surface area contributed by atoms with E-state index in [1.807, 2.05) is 30.3 Å². The first-order chi connectivity index (χ1) is 8.79. The molecule has 0 unspecified atom stereocenters. The summed E-state index contributed by atoms with van der Waals surface area (Å²) in [6, 6.07) is 11.4.